The van der Waals surface area contributed by atoms with Crippen molar-refractivity contribution < 1.29 is 9.13 Å². The number of benzene rings is 1. The number of para-hydroxylation sites is 1. The van der Waals surface area contributed by atoms with E-state index in [4.69, 9.17) is 4.74 Å². The smallest absolute Gasteiger partial charge is 0.294 e. The van der Waals surface area contributed by atoms with Crippen LogP contribution < -0.4 is 15.6 Å². The lowest BCUT2D eigenvalue weighted by atomic mass is 10.3. The zero-order valence-electron chi connectivity index (χ0n) is 15.7. The van der Waals surface area contributed by atoms with Gasteiger partial charge in [-0.2, -0.15) is 4.98 Å². The molecule has 0 unspecified atom stereocenters. The molecule has 5 aromatic rings. The highest BCUT2D eigenvalue weighted by atomic mass is 32.1. The summed E-state index contributed by atoms with van der Waals surface area (Å²) in [5.74, 6) is -0.197. The van der Waals surface area contributed by atoms with E-state index in [1.54, 1.807) is 36.7 Å². The van der Waals surface area contributed by atoms with E-state index >= 15 is 0 Å². The van der Waals surface area contributed by atoms with E-state index in [1.807, 2.05) is 22.2 Å². The summed E-state index contributed by atoms with van der Waals surface area (Å²) in [5, 5.41) is 5.69. The Morgan fingerprint density at radius 2 is 2.10 bits per heavy atom. The molecule has 4 aromatic heterocycles. The second-order valence-electron chi connectivity index (χ2n) is 6.56. The summed E-state index contributed by atoms with van der Waals surface area (Å²) in [7, 11) is 1.58. The molecule has 5 rings (SSSR count). The molecule has 0 saturated carbocycles. The summed E-state index contributed by atoms with van der Waals surface area (Å²) in [6.07, 6.45) is 5.46. The minimum Gasteiger partial charge on any atom is -0.448 e. The van der Waals surface area contributed by atoms with Crippen molar-refractivity contribution in [3.8, 4) is 11.5 Å². The van der Waals surface area contributed by atoms with Gasteiger partial charge in [0.1, 0.15) is 5.65 Å². The van der Waals surface area contributed by atoms with Gasteiger partial charge >= 0.3 is 0 Å². The summed E-state index contributed by atoms with van der Waals surface area (Å²) in [5.41, 5.74) is 0.863. The number of nitrogens with one attached hydrogen (secondary N) is 1. The molecule has 0 saturated heterocycles. The molecule has 0 bridgehead atoms. The van der Waals surface area contributed by atoms with E-state index in [-0.39, 0.29) is 11.5 Å². The monoisotopic (exact) mass is 422 g/mol. The van der Waals surface area contributed by atoms with Crippen molar-refractivity contribution >= 4 is 33.3 Å². The van der Waals surface area contributed by atoms with Gasteiger partial charge in [0, 0.05) is 36.4 Å². The fourth-order valence-electron chi connectivity index (χ4n) is 3.05. The van der Waals surface area contributed by atoms with Crippen LogP contribution in [0.15, 0.2) is 59.1 Å². The molecule has 1 aromatic carbocycles. The Balaban J connectivity index is 1.43. The van der Waals surface area contributed by atoms with E-state index < -0.39 is 11.4 Å². The summed E-state index contributed by atoms with van der Waals surface area (Å²) < 4.78 is 22.7. The Hall–Kier alpha value is -3.79. The minimum absolute atomic E-state index is 0.00232. The zero-order valence-corrected chi connectivity index (χ0v) is 16.6. The Morgan fingerprint density at radius 3 is 2.93 bits per heavy atom. The van der Waals surface area contributed by atoms with Crippen LogP contribution in [0.3, 0.4) is 0 Å². The van der Waals surface area contributed by atoms with E-state index in [2.05, 4.69) is 20.3 Å². The highest BCUT2D eigenvalue weighted by Gasteiger charge is 2.13. The van der Waals surface area contributed by atoms with Crippen LogP contribution in [0, 0.1) is 5.82 Å². The number of halogens is 1. The number of nitrogens with zero attached hydrogens (tertiary/aromatic N) is 5. The van der Waals surface area contributed by atoms with Crippen molar-refractivity contribution in [1.82, 2.24) is 23.9 Å². The second kappa shape index (κ2) is 7.23. The number of imidazole rings is 1. The number of fused-ring (bicyclic) bond motifs is 2. The van der Waals surface area contributed by atoms with Gasteiger partial charge in [0.15, 0.2) is 22.3 Å². The van der Waals surface area contributed by atoms with Crippen LogP contribution in [-0.4, -0.2) is 23.9 Å². The minimum atomic E-state index is -0.547. The summed E-state index contributed by atoms with van der Waals surface area (Å²) in [6.45, 7) is 0.447. The predicted octanol–water partition coefficient (Wildman–Crippen LogP) is 3.58. The van der Waals surface area contributed by atoms with Crippen LogP contribution in [0.1, 0.15) is 5.69 Å². The average molecular weight is 422 g/mol. The first kappa shape index (κ1) is 18.3. The molecular weight excluding hydrogens is 407 g/mol. The molecule has 0 aliphatic heterocycles. The highest BCUT2D eigenvalue weighted by Crippen LogP contribution is 2.24. The molecule has 8 nitrogen and oxygen atoms in total. The Kier molecular flexibility index (Phi) is 4.40. The molecule has 150 valence electrons. The normalized spacial score (nSPS) is 11.3. The molecule has 0 amide bonds. The van der Waals surface area contributed by atoms with Crippen molar-refractivity contribution in [2.75, 3.05) is 5.32 Å². The van der Waals surface area contributed by atoms with Gasteiger partial charge in [0.2, 0.25) is 5.95 Å². The number of rotatable bonds is 5. The first-order valence-corrected chi connectivity index (χ1v) is 9.90. The lowest BCUT2D eigenvalue weighted by Gasteiger charge is -2.11. The van der Waals surface area contributed by atoms with Crippen molar-refractivity contribution in [2.24, 2.45) is 7.05 Å². The summed E-state index contributed by atoms with van der Waals surface area (Å²) in [4.78, 5) is 26.8. The maximum Gasteiger partial charge on any atom is 0.294 e. The second-order valence-corrected chi connectivity index (χ2v) is 7.43. The van der Waals surface area contributed by atoms with E-state index in [9.17, 15) is 9.18 Å². The zero-order chi connectivity index (χ0) is 20.7. The maximum absolute atomic E-state index is 13.9. The first-order valence-electron chi connectivity index (χ1n) is 9.02. The van der Waals surface area contributed by atoms with Gasteiger partial charge in [-0.3, -0.25) is 13.8 Å². The molecule has 0 aliphatic carbocycles. The Labute approximate surface area is 173 Å². The van der Waals surface area contributed by atoms with Gasteiger partial charge in [-0.15, -0.1) is 11.3 Å². The van der Waals surface area contributed by atoms with Crippen LogP contribution in [0.25, 0.3) is 16.0 Å². The number of pyridine rings is 1. The molecule has 0 fully saturated rings. The Bertz CT molecular complexity index is 1410. The lowest BCUT2D eigenvalue weighted by Crippen LogP contribution is -2.20. The molecule has 4 heterocycles. The molecule has 1 N–H and O–H groups in total. The van der Waals surface area contributed by atoms with E-state index in [0.717, 1.165) is 10.7 Å². The molecule has 0 atom stereocenters. The number of hydrogen-bond donors (Lipinski definition) is 1. The fraction of sp³-hybridized carbons (Fsp3) is 0.100. The predicted molar refractivity (Wildman–Crippen MR) is 112 cm³/mol. The van der Waals surface area contributed by atoms with Crippen LogP contribution in [0.2, 0.25) is 0 Å². The van der Waals surface area contributed by atoms with Gasteiger partial charge in [0.25, 0.3) is 5.56 Å². The van der Waals surface area contributed by atoms with Crippen molar-refractivity contribution in [1.29, 1.82) is 0 Å². The van der Waals surface area contributed by atoms with Gasteiger partial charge in [-0.25, -0.2) is 14.4 Å². The molecule has 0 aliphatic rings. The number of ether oxygens (including phenoxy) is 1. The third-order valence-corrected chi connectivity index (χ3v) is 5.31. The lowest BCUT2D eigenvalue weighted by molar-refractivity contribution is 0.434. The summed E-state index contributed by atoms with van der Waals surface area (Å²) in [6, 6.07) is 7.43. The quantitative estimate of drug-likeness (QED) is 0.466. The molecular formula is C20H15FN6O2S. The van der Waals surface area contributed by atoms with Crippen molar-refractivity contribution in [3.63, 3.8) is 0 Å². The third kappa shape index (κ3) is 3.26. The topological polar surface area (TPSA) is 86.3 Å². The number of aromatic nitrogens is 5. The molecule has 30 heavy (non-hydrogen) atoms. The van der Waals surface area contributed by atoms with Crippen molar-refractivity contribution in [2.45, 2.75) is 6.54 Å². The van der Waals surface area contributed by atoms with Gasteiger partial charge in [-0.1, -0.05) is 12.1 Å². The molecule has 0 spiro atoms. The van der Waals surface area contributed by atoms with Gasteiger partial charge < -0.3 is 10.1 Å². The molecule has 10 heteroatoms. The standard InChI is InChI=1S/C20H15FN6O2S/c1-26-17-12(8-16(18(26)28)29-15-5-3-2-4-14(15)21)9-22-19(25-17)23-10-13-11-27-6-7-30-20(27)24-13/h2-9,11H,10H2,1H3,(H,22,23,25). The highest BCUT2D eigenvalue weighted by molar-refractivity contribution is 7.15. The summed E-state index contributed by atoms with van der Waals surface area (Å²) >= 11 is 1.56. The number of hydrogen-bond acceptors (Lipinski definition) is 7. The van der Waals surface area contributed by atoms with Crippen LogP contribution >= 0.6 is 11.3 Å². The van der Waals surface area contributed by atoms with E-state index in [1.165, 1.54) is 22.8 Å². The van der Waals surface area contributed by atoms with Crippen LogP contribution in [0.4, 0.5) is 10.3 Å². The van der Waals surface area contributed by atoms with Gasteiger partial charge in [0.05, 0.1) is 12.2 Å². The third-order valence-electron chi connectivity index (χ3n) is 4.54. The van der Waals surface area contributed by atoms with Crippen LogP contribution in [-0.2, 0) is 13.6 Å². The largest absolute Gasteiger partial charge is 0.448 e. The first-order chi connectivity index (χ1) is 14.6. The van der Waals surface area contributed by atoms with E-state index in [0.29, 0.717) is 23.5 Å². The van der Waals surface area contributed by atoms with Crippen molar-refractivity contribution in [3.05, 3.63) is 76.2 Å². The molecule has 0 radical (unpaired) electrons. The fourth-order valence-corrected chi connectivity index (χ4v) is 3.77. The number of thiazole rings is 1. The van der Waals surface area contributed by atoms with Crippen LogP contribution in [0.5, 0.6) is 11.5 Å². The number of aryl methyl sites for hydroxylation is 1. The maximum atomic E-state index is 13.9. The SMILES string of the molecule is Cn1c(=O)c(Oc2ccccc2F)cc2cnc(NCc3cn4ccsc4n3)nc21. The average Bonchev–Trinajstić information content (AvgIpc) is 3.34. The van der Waals surface area contributed by atoms with Gasteiger partial charge in [-0.05, 0) is 18.2 Å². The number of anilines is 1. The Morgan fingerprint density at radius 1 is 1.23 bits per heavy atom.